The topological polar surface area (TPSA) is 102 Å². The number of amides is 1. The number of thiophene rings is 1. The minimum Gasteiger partial charge on any atom is -0.494 e. The summed E-state index contributed by atoms with van der Waals surface area (Å²) in [5.41, 5.74) is 2.81. The van der Waals surface area contributed by atoms with Crippen LogP contribution < -0.4 is 10.1 Å². The number of anilines is 2. The zero-order valence-corrected chi connectivity index (χ0v) is 18.8. The normalized spacial score (nSPS) is 15.8. The molecule has 3 aromatic heterocycles. The van der Waals surface area contributed by atoms with Crippen LogP contribution in [0.3, 0.4) is 0 Å². The van der Waals surface area contributed by atoms with Crippen LogP contribution >= 0.6 is 22.9 Å². The maximum Gasteiger partial charge on any atom is 0.249 e. The molecule has 0 saturated carbocycles. The Balaban J connectivity index is 1.52. The Morgan fingerprint density at radius 3 is 2.97 bits per heavy atom. The largest absolute Gasteiger partial charge is 0.494 e. The summed E-state index contributed by atoms with van der Waals surface area (Å²) in [5.74, 6) is 1.32. The highest BCUT2D eigenvalue weighted by Gasteiger charge is 2.31. The molecule has 0 spiro atoms. The number of carbonyl (C=O) groups is 1. The van der Waals surface area contributed by atoms with Gasteiger partial charge >= 0.3 is 0 Å². The van der Waals surface area contributed by atoms with E-state index in [1.807, 2.05) is 12.1 Å². The summed E-state index contributed by atoms with van der Waals surface area (Å²) >= 11 is 2.96. The van der Waals surface area contributed by atoms with Gasteiger partial charge in [-0.3, -0.25) is 9.63 Å². The molecule has 1 aromatic carbocycles. The van der Waals surface area contributed by atoms with Crippen LogP contribution in [0.15, 0.2) is 18.5 Å². The molecule has 4 aromatic rings. The molecule has 9 nitrogen and oxygen atoms in total. The van der Waals surface area contributed by atoms with Crippen LogP contribution in [0.5, 0.6) is 5.75 Å². The number of nitrogens with one attached hydrogen (secondary N) is 1. The Kier molecular flexibility index (Phi) is 5.16. The fourth-order valence-electron chi connectivity index (χ4n) is 3.97. The van der Waals surface area contributed by atoms with Gasteiger partial charge in [-0.1, -0.05) is 4.49 Å². The fourth-order valence-corrected chi connectivity index (χ4v) is 5.81. The number of carbonyl (C=O) groups excluding carboxylic acids is 1. The van der Waals surface area contributed by atoms with Gasteiger partial charge in [0.1, 0.15) is 28.2 Å². The van der Waals surface area contributed by atoms with Gasteiger partial charge in [-0.05, 0) is 42.4 Å². The summed E-state index contributed by atoms with van der Waals surface area (Å²) < 4.78 is 10.5. The van der Waals surface area contributed by atoms with E-state index in [1.165, 1.54) is 34.1 Å². The average Bonchev–Trinajstić information content (AvgIpc) is 3.40. The first kappa shape index (κ1) is 20.0. The molecule has 1 aliphatic carbocycles. The average molecular weight is 457 g/mol. The molecule has 1 unspecified atom stereocenters. The first-order valence-electron chi connectivity index (χ1n) is 9.73. The number of aromatic nitrogens is 4. The van der Waals surface area contributed by atoms with Crippen LogP contribution in [0.25, 0.3) is 20.4 Å². The highest BCUT2D eigenvalue weighted by atomic mass is 32.1. The van der Waals surface area contributed by atoms with Crippen molar-refractivity contribution >= 4 is 60.7 Å². The number of fused-ring (bicyclic) bond motifs is 4. The van der Waals surface area contributed by atoms with Crippen molar-refractivity contribution < 1.29 is 14.4 Å². The van der Waals surface area contributed by atoms with Crippen LogP contribution in [0.1, 0.15) is 16.9 Å². The van der Waals surface area contributed by atoms with E-state index in [0.717, 1.165) is 44.8 Å². The van der Waals surface area contributed by atoms with E-state index < -0.39 is 0 Å². The third kappa shape index (κ3) is 3.48. The molecular formula is C20H20N6O3S2. The SMILES string of the molecule is COc1cc2nnsc2cc1Nc1ncnc2sc3c(c12)CCC(C(=O)N(C)OC)C3. The fraction of sp³-hybridized carbons (Fsp3) is 0.350. The molecule has 0 aliphatic heterocycles. The molecular weight excluding hydrogens is 436 g/mol. The number of ether oxygens (including phenoxy) is 1. The van der Waals surface area contributed by atoms with E-state index in [1.54, 1.807) is 31.8 Å². The van der Waals surface area contributed by atoms with Crippen LogP contribution in [0, 0.1) is 5.92 Å². The Morgan fingerprint density at radius 2 is 2.16 bits per heavy atom. The monoisotopic (exact) mass is 456 g/mol. The summed E-state index contributed by atoms with van der Waals surface area (Å²) in [6.45, 7) is 0. The molecule has 31 heavy (non-hydrogen) atoms. The molecule has 11 heteroatoms. The van der Waals surface area contributed by atoms with Gasteiger partial charge in [0.15, 0.2) is 0 Å². The number of hydrogen-bond acceptors (Lipinski definition) is 10. The molecule has 0 radical (unpaired) electrons. The van der Waals surface area contributed by atoms with Gasteiger partial charge in [0, 0.05) is 23.9 Å². The van der Waals surface area contributed by atoms with Gasteiger partial charge in [-0.15, -0.1) is 16.4 Å². The van der Waals surface area contributed by atoms with Gasteiger partial charge in [0.05, 0.1) is 30.0 Å². The summed E-state index contributed by atoms with van der Waals surface area (Å²) in [6, 6.07) is 3.84. The van der Waals surface area contributed by atoms with Crippen molar-refractivity contribution in [2.24, 2.45) is 5.92 Å². The molecule has 1 N–H and O–H groups in total. The van der Waals surface area contributed by atoms with Gasteiger partial charge in [-0.2, -0.15) is 0 Å². The maximum absolute atomic E-state index is 12.6. The van der Waals surface area contributed by atoms with E-state index in [9.17, 15) is 4.79 Å². The van der Waals surface area contributed by atoms with Crippen LogP contribution in [-0.2, 0) is 22.5 Å². The van der Waals surface area contributed by atoms with Crippen molar-refractivity contribution in [2.45, 2.75) is 19.3 Å². The molecule has 0 saturated heterocycles. The van der Waals surface area contributed by atoms with Crippen LogP contribution in [-0.4, -0.2) is 51.8 Å². The number of aryl methyl sites for hydroxylation is 1. The molecule has 1 aliphatic rings. The summed E-state index contributed by atoms with van der Waals surface area (Å²) in [6.07, 6.45) is 3.80. The number of nitrogens with zero attached hydrogens (tertiary/aromatic N) is 5. The highest BCUT2D eigenvalue weighted by molar-refractivity contribution is 7.19. The molecule has 0 fully saturated rings. The molecule has 1 atom stereocenters. The van der Waals surface area contributed by atoms with Crippen molar-refractivity contribution in [1.82, 2.24) is 24.6 Å². The summed E-state index contributed by atoms with van der Waals surface area (Å²) in [7, 11) is 4.79. The van der Waals surface area contributed by atoms with Crippen LogP contribution in [0.4, 0.5) is 11.5 Å². The number of hydrogen-bond donors (Lipinski definition) is 1. The van der Waals surface area contributed by atoms with E-state index in [-0.39, 0.29) is 11.8 Å². The zero-order chi connectivity index (χ0) is 21.5. The standard InChI is InChI=1S/C20H20N6O3S2/c1-26(29-3)20(27)10-4-5-11-15(6-10)30-19-17(11)18(21-9-22-19)23-12-8-16-13(24-25-31-16)7-14(12)28-2/h7-10H,4-6H2,1-3H3,(H,21,22,23). The molecule has 5 rings (SSSR count). The first-order valence-corrected chi connectivity index (χ1v) is 11.3. The van der Waals surface area contributed by atoms with Gasteiger partial charge in [0.2, 0.25) is 5.91 Å². The number of benzene rings is 1. The third-order valence-electron chi connectivity index (χ3n) is 5.60. The van der Waals surface area contributed by atoms with Crippen molar-refractivity contribution in [1.29, 1.82) is 0 Å². The quantitative estimate of drug-likeness (QED) is 0.455. The molecule has 0 bridgehead atoms. The van der Waals surface area contributed by atoms with Gasteiger partial charge < -0.3 is 10.1 Å². The van der Waals surface area contributed by atoms with Gasteiger partial charge in [0.25, 0.3) is 0 Å². The van der Waals surface area contributed by atoms with E-state index in [4.69, 9.17) is 9.57 Å². The number of methoxy groups -OCH3 is 1. The predicted molar refractivity (Wildman–Crippen MR) is 120 cm³/mol. The highest BCUT2D eigenvalue weighted by Crippen LogP contribution is 2.42. The first-order chi connectivity index (χ1) is 15.1. The Morgan fingerprint density at radius 1 is 1.29 bits per heavy atom. The predicted octanol–water partition coefficient (Wildman–Crippen LogP) is 3.57. The number of rotatable bonds is 5. The minimum atomic E-state index is -0.0868. The lowest BCUT2D eigenvalue weighted by molar-refractivity contribution is -0.173. The second-order valence-electron chi connectivity index (χ2n) is 7.28. The van der Waals surface area contributed by atoms with Crippen molar-refractivity contribution in [3.8, 4) is 5.75 Å². The molecule has 160 valence electrons. The van der Waals surface area contributed by atoms with Gasteiger partial charge in [-0.25, -0.2) is 15.0 Å². The smallest absolute Gasteiger partial charge is 0.249 e. The van der Waals surface area contributed by atoms with Crippen LogP contribution in [0.2, 0.25) is 0 Å². The lowest BCUT2D eigenvalue weighted by Gasteiger charge is -2.25. The second kappa shape index (κ2) is 7.98. The number of hydroxylamine groups is 2. The lowest BCUT2D eigenvalue weighted by Crippen LogP contribution is -2.34. The maximum atomic E-state index is 12.6. The van der Waals surface area contributed by atoms with E-state index >= 15 is 0 Å². The van der Waals surface area contributed by atoms with E-state index in [2.05, 4.69) is 24.9 Å². The molecule has 1 amide bonds. The second-order valence-corrected chi connectivity index (χ2v) is 9.15. The summed E-state index contributed by atoms with van der Waals surface area (Å²) in [4.78, 5) is 28.8. The lowest BCUT2D eigenvalue weighted by atomic mass is 9.87. The minimum absolute atomic E-state index is 0.00578. The Labute approximate surface area is 186 Å². The Hall–Kier alpha value is -2.89. The zero-order valence-electron chi connectivity index (χ0n) is 17.2. The Bertz CT molecular complexity index is 1290. The van der Waals surface area contributed by atoms with Crippen molar-refractivity contribution in [3.63, 3.8) is 0 Å². The van der Waals surface area contributed by atoms with Crippen molar-refractivity contribution in [2.75, 3.05) is 26.6 Å². The third-order valence-corrected chi connectivity index (χ3v) is 7.45. The molecule has 3 heterocycles. The van der Waals surface area contributed by atoms with E-state index in [0.29, 0.717) is 12.2 Å². The summed E-state index contributed by atoms with van der Waals surface area (Å²) in [5, 5.41) is 9.87. The van der Waals surface area contributed by atoms with Crippen molar-refractivity contribution in [3.05, 3.63) is 28.9 Å².